The second kappa shape index (κ2) is 38.7. The van der Waals surface area contributed by atoms with Crippen molar-refractivity contribution < 1.29 is 19.2 Å². The van der Waals surface area contributed by atoms with E-state index in [-0.39, 0.29) is 23.6 Å². The van der Waals surface area contributed by atoms with Gasteiger partial charge in [0, 0.05) is 75.5 Å². The lowest BCUT2D eigenvalue weighted by Crippen LogP contribution is -2.58. The van der Waals surface area contributed by atoms with E-state index in [9.17, 15) is 19.2 Å². The number of hydrogen-bond donors (Lipinski definition) is 1. The van der Waals surface area contributed by atoms with Crippen molar-refractivity contribution >= 4 is 35.4 Å². The van der Waals surface area contributed by atoms with Crippen LogP contribution in [0.4, 0.5) is 0 Å². The van der Waals surface area contributed by atoms with Crippen LogP contribution >= 0.6 is 11.8 Å². The van der Waals surface area contributed by atoms with Crippen LogP contribution in [0.25, 0.3) is 0 Å². The van der Waals surface area contributed by atoms with Crippen LogP contribution in [-0.2, 0) is 19.2 Å². The van der Waals surface area contributed by atoms with E-state index in [4.69, 9.17) is 0 Å². The molecule has 4 amide bonds. The van der Waals surface area contributed by atoms with Crippen molar-refractivity contribution in [2.24, 2.45) is 0 Å². The van der Waals surface area contributed by atoms with Gasteiger partial charge in [-0.2, -0.15) is 11.8 Å². The van der Waals surface area contributed by atoms with Crippen molar-refractivity contribution in [3.63, 3.8) is 0 Å². The van der Waals surface area contributed by atoms with E-state index in [2.05, 4.69) is 51.8 Å². The minimum Gasteiger partial charge on any atom is -0.354 e. The van der Waals surface area contributed by atoms with Gasteiger partial charge >= 0.3 is 0 Å². The lowest BCUT2D eigenvalue weighted by Gasteiger charge is -2.45. The van der Waals surface area contributed by atoms with Crippen LogP contribution in [0.5, 0.6) is 0 Å². The van der Waals surface area contributed by atoms with E-state index in [0.29, 0.717) is 58.2 Å². The average molecular weight is 879 g/mol. The van der Waals surface area contributed by atoms with Crippen LogP contribution in [0.15, 0.2) is 0 Å². The predicted molar refractivity (Wildman–Crippen MR) is 265 cm³/mol. The third-order valence-electron chi connectivity index (χ3n) is 13.1. The zero-order valence-electron chi connectivity index (χ0n) is 42.0. The number of rotatable bonds is 43. The summed E-state index contributed by atoms with van der Waals surface area (Å²) in [4.78, 5) is 58.5. The molecule has 0 aliphatic heterocycles. The molecule has 0 radical (unpaired) electrons. The highest BCUT2D eigenvalue weighted by Crippen LogP contribution is 2.27. The van der Waals surface area contributed by atoms with Crippen LogP contribution in [0.3, 0.4) is 0 Å². The lowest BCUT2D eigenvalue weighted by molar-refractivity contribution is -0.140. The summed E-state index contributed by atoms with van der Waals surface area (Å²) < 4.78 is 0. The van der Waals surface area contributed by atoms with Crippen LogP contribution in [0.1, 0.15) is 255 Å². The van der Waals surface area contributed by atoms with Crippen molar-refractivity contribution in [2.45, 2.75) is 266 Å². The molecular formula is C52H102N4O4S. The summed E-state index contributed by atoms with van der Waals surface area (Å²) >= 11 is 1.77. The van der Waals surface area contributed by atoms with Gasteiger partial charge in [-0.05, 0) is 46.5 Å². The molecule has 1 N–H and O–H groups in total. The normalized spacial score (nSPS) is 12.6. The fourth-order valence-electron chi connectivity index (χ4n) is 8.41. The van der Waals surface area contributed by atoms with E-state index in [1.807, 2.05) is 30.6 Å². The van der Waals surface area contributed by atoms with Gasteiger partial charge in [-0.15, -0.1) is 0 Å². The number of hydrogen-bond acceptors (Lipinski definition) is 5. The Bertz CT molecular complexity index is 1080. The van der Waals surface area contributed by atoms with Gasteiger partial charge < -0.3 is 20.0 Å². The molecule has 0 aliphatic carbocycles. The first-order valence-corrected chi connectivity index (χ1v) is 27.3. The molecule has 1 atom stereocenters. The zero-order valence-corrected chi connectivity index (χ0v) is 42.9. The number of nitrogens with zero attached hydrogens (tertiary/aromatic N) is 3. The molecule has 360 valence electrons. The van der Waals surface area contributed by atoms with E-state index in [0.717, 1.165) is 37.4 Å². The van der Waals surface area contributed by atoms with Gasteiger partial charge in [0.25, 0.3) is 0 Å². The smallest absolute Gasteiger partial charge is 0.223 e. The quantitative estimate of drug-likeness (QED) is 0.0616. The Balaban J connectivity index is 5.13. The highest BCUT2D eigenvalue weighted by atomic mass is 32.2. The molecule has 9 heteroatoms. The largest absolute Gasteiger partial charge is 0.354 e. The molecule has 0 bridgehead atoms. The molecule has 61 heavy (non-hydrogen) atoms. The molecule has 0 rings (SSSR count). The van der Waals surface area contributed by atoms with Crippen molar-refractivity contribution in [3.05, 3.63) is 0 Å². The Morgan fingerprint density at radius 1 is 0.459 bits per heavy atom. The van der Waals surface area contributed by atoms with Gasteiger partial charge in [0.2, 0.25) is 23.6 Å². The Morgan fingerprint density at radius 3 is 1.26 bits per heavy atom. The second-order valence-corrected chi connectivity index (χ2v) is 20.1. The minimum absolute atomic E-state index is 0.0188. The molecular weight excluding hydrogens is 777 g/mol. The molecule has 0 saturated carbocycles. The minimum atomic E-state index is -0.510. The monoisotopic (exact) mass is 879 g/mol. The van der Waals surface area contributed by atoms with Crippen LogP contribution < -0.4 is 5.32 Å². The molecule has 0 spiro atoms. The highest BCUT2D eigenvalue weighted by molar-refractivity contribution is 7.99. The first-order valence-electron chi connectivity index (χ1n) is 26.1. The molecule has 0 aromatic heterocycles. The fourth-order valence-corrected chi connectivity index (χ4v) is 9.25. The molecule has 8 nitrogen and oxygen atoms in total. The van der Waals surface area contributed by atoms with E-state index in [1.54, 1.807) is 11.8 Å². The summed E-state index contributed by atoms with van der Waals surface area (Å²) in [6.45, 7) is 21.8. The fraction of sp³-hybridized carbons (Fsp3) is 0.923. The standard InChI is InChI=1S/C52H102N4O4S/c1-10-16-18-20-22-24-26-28-30-32-34-36-40-54(41-37-35-33-31-29-27-25-23-21-19-17-11-2)50(60)38-44-61-45-43-55(48(58)13-4)51(7,8)39-42-56(49(59)14-5)52(9,15-6)46-53-47(57)12-3/h10-46H2,1-9H3,(H,53,57). The van der Waals surface area contributed by atoms with Gasteiger partial charge in [-0.3, -0.25) is 19.2 Å². The Morgan fingerprint density at radius 2 is 0.869 bits per heavy atom. The summed E-state index contributed by atoms with van der Waals surface area (Å²) in [6, 6.07) is 0. The summed E-state index contributed by atoms with van der Waals surface area (Å²) in [6.07, 6.45) is 34.9. The van der Waals surface area contributed by atoms with Crippen molar-refractivity contribution in [3.8, 4) is 0 Å². The van der Waals surface area contributed by atoms with Crippen LogP contribution in [0, 0.1) is 0 Å². The second-order valence-electron chi connectivity index (χ2n) is 18.9. The predicted octanol–water partition coefficient (Wildman–Crippen LogP) is 13.7. The molecule has 0 aromatic carbocycles. The third-order valence-corrected chi connectivity index (χ3v) is 14.1. The zero-order chi connectivity index (χ0) is 45.6. The van der Waals surface area contributed by atoms with Gasteiger partial charge in [0.05, 0.1) is 5.54 Å². The maximum atomic E-state index is 13.6. The number of carbonyl (C=O) groups is 4. The molecule has 0 fully saturated rings. The first kappa shape index (κ1) is 59.2. The lowest BCUT2D eigenvalue weighted by atomic mass is 9.92. The molecule has 0 aliphatic rings. The number of unbranched alkanes of at least 4 members (excludes halogenated alkanes) is 22. The van der Waals surface area contributed by atoms with Gasteiger partial charge in [-0.25, -0.2) is 0 Å². The van der Waals surface area contributed by atoms with Gasteiger partial charge in [-0.1, -0.05) is 183 Å². The summed E-state index contributed by atoms with van der Waals surface area (Å²) in [5, 5.41) is 3.01. The summed E-state index contributed by atoms with van der Waals surface area (Å²) in [7, 11) is 0. The Kier molecular flexibility index (Phi) is 37.5. The van der Waals surface area contributed by atoms with Crippen LogP contribution in [-0.4, -0.2) is 93.6 Å². The first-order chi connectivity index (χ1) is 29.4. The maximum Gasteiger partial charge on any atom is 0.223 e. The van der Waals surface area contributed by atoms with Gasteiger partial charge in [0.15, 0.2) is 0 Å². The van der Waals surface area contributed by atoms with Gasteiger partial charge in [0.1, 0.15) is 0 Å². The van der Waals surface area contributed by atoms with E-state index < -0.39 is 11.1 Å². The maximum absolute atomic E-state index is 13.6. The summed E-state index contributed by atoms with van der Waals surface area (Å²) in [5.74, 6) is 1.97. The topological polar surface area (TPSA) is 90.0 Å². The third kappa shape index (κ3) is 29.3. The molecule has 0 heterocycles. The number of carbonyl (C=O) groups excluding carboxylic acids is 4. The Labute approximate surface area is 383 Å². The Hall–Kier alpha value is -1.77. The number of thioether (sulfide) groups is 1. The van der Waals surface area contributed by atoms with Crippen molar-refractivity contribution in [1.29, 1.82) is 0 Å². The highest BCUT2D eigenvalue weighted by Gasteiger charge is 2.36. The average Bonchev–Trinajstić information content (AvgIpc) is 3.25. The van der Waals surface area contributed by atoms with Crippen molar-refractivity contribution in [1.82, 2.24) is 20.0 Å². The summed E-state index contributed by atoms with van der Waals surface area (Å²) in [5.41, 5.74) is -0.972. The molecule has 0 saturated heterocycles. The molecule has 1 unspecified atom stereocenters. The number of nitrogens with one attached hydrogen (secondary N) is 1. The number of amides is 4. The van der Waals surface area contributed by atoms with Crippen LogP contribution in [0.2, 0.25) is 0 Å². The molecule has 0 aromatic rings. The van der Waals surface area contributed by atoms with E-state index in [1.165, 1.54) is 141 Å². The SMILES string of the molecule is CCCCCCCCCCCCCCN(CCCCCCCCCCCCCC)C(=O)CCSCCN(C(=O)CC)C(C)(C)CCN(C(=O)CC)C(C)(CC)CNC(=O)CC. The van der Waals surface area contributed by atoms with E-state index >= 15 is 0 Å². The van der Waals surface area contributed by atoms with Crippen molar-refractivity contribution in [2.75, 3.05) is 44.2 Å².